The third-order valence-corrected chi connectivity index (χ3v) is 14.0. The van der Waals surface area contributed by atoms with E-state index in [2.05, 4.69) is 42.3 Å². The van der Waals surface area contributed by atoms with E-state index in [-0.39, 0.29) is 19.6 Å². The fourth-order valence-corrected chi connectivity index (χ4v) is 9.64. The van der Waals surface area contributed by atoms with Gasteiger partial charge in [-0.05, 0) is 64.2 Å². The molecule has 0 aromatic carbocycles. The molecule has 0 amide bonds. The molecule has 70 heavy (non-hydrogen) atoms. The predicted octanol–water partition coefficient (Wildman–Crippen LogP) is 14.3. The van der Waals surface area contributed by atoms with E-state index in [0.29, 0.717) is 13.0 Å². The van der Waals surface area contributed by atoms with Crippen LogP contribution in [0.15, 0.2) is 24.3 Å². The first kappa shape index (κ1) is 66.6. The van der Waals surface area contributed by atoms with Crippen molar-refractivity contribution < 1.29 is 56.2 Å². The van der Waals surface area contributed by atoms with E-state index >= 15 is 0 Å². The Labute approximate surface area is 429 Å². The highest BCUT2D eigenvalue weighted by Crippen LogP contribution is 2.26. The molecule has 1 rings (SSSR count). The SMILES string of the molecule is CCCCCCCCCC/C=C\CCCCCCCCCCCCOCC(COC1OC(CO)C(O)C(OS(=O)(=O)O)C1O)OC(=O)CCCCCCCCCCC/C=C\CCCCCCCCCC. The van der Waals surface area contributed by atoms with Crippen LogP contribution in [0.25, 0.3) is 0 Å². The Morgan fingerprint density at radius 3 is 1.29 bits per heavy atom. The summed E-state index contributed by atoms with van der Waals surface area (Å²) in [4.78, 5) is 13.0. The Kier molecular flexibility index (Phi) is 46.2. The predicted molar refractivity (Wildman–Crippen MR) is 285 cm³/mol. The van der Waals surface area contributed by atoms with Gasteiger partial charge in [-0.25, -0.2) is 4.18 Å². The van der Waals surface area contributed by atoms with E-state index in [4.69, 9.17) is 18.9 Å². The largest absolute Gasteiger partial charge is 0.457 e. The molecule has 0 spiro atoms. The molecule has 0 aromatic heterocycles. The van der Waals surface area contributed by atoms with Gasteiger partial charge in [0, 0.05) is 13.0 Å². The molecule has 1 saturated heterocycles. The molecular weight excluding hydrogens is 909 g/mol. The Hall–Kier alpha value is -1.42. The third kappa shape index (κ3) is 41.0. The van der Waals surface area contributed by atoms with Gasteiger partial charge in [0.2, 0.25) is 0 Å². The standard InChI is InChI=1S/C57H108O12S/c1-3-5-7-9-11-13-15-17-19-21-23-25-27-29-31-33-35-37-39-41-43-45-47-65-49-51(50-66-57-55(61)56(69-70(62,63)64)54(60)52(48-58)68-57)67-53(59)46-44-42-40-38-36-34-32-30-28-26-24-22-20-18-16-14-12-10-8-6-4-2/h21-24,51-52,54-58,60-61H,3-20,25-50H2,1-2H3,(H,62,63,64)/b23-21-,24-22-. The highest BCUT2D eigenvalue weighted by molar-refractivity contribution is 7.80. The number of carbonyl (C=O) groups excluding carboxylic acids is 1. The molecule has 1 fully saturated rings. The summed E-state index contributed by atoms with van der Waals surface area (Å²) in [5.74, 6) is -0.397. The molecule has 6 unspecified atom stereocenters. The third-order valence-electron chi connectivity index (χ3n) is 13.5. The van der Waals surface area contributed by atoms with Crippen molar-refractivity contribution >= 4 is 16.4 Å². The average Bonchev–Trinajstić information content (AvgIpc) is 3.34. The zero-order valence-corrected chi connectivity index (χ0v) is 45.7. The first-order valence-corrected chi connectivity index (χ1v) is 30.5. The van der Waals surface area contributed by atoms with Crippen molar-refractivity contribution in [3.63, 3.8) is 0 Å². The normalized spacial score (nSPS) is 19.2. The lowest BCUT2D eigenvalue weighted by atomic mass is 9.99. The summed E-state index contributed by atoms with van der Waals surface area (Å²) in [7, 11) is -5.07. The fourth-order valence-electron chi connectivity index (χ4n) is 9.14. The molecule has 1 heterocycles. The van der Waals surface area contributed by atoms with Crippen LogP contribution in [0, 0.1) is 0 Å². The summed E-state index contributed by atoms with van der Waals surface area (Å²) in [5, 5.41) is 30.8. The quantitative estimate of drug-likeness (QED) is 0.0196. The molecule has 4 N–H and O–H groups in total. The van der Waals surface area contributed by atoms with Crippen LogP contribution in [0.3, 0.4) is 0 Å². The zero-order chi connectivity index (χ0) is 51.0. The molecule has 0 bridgehead atoms. The van der Waals surface area contributed by atoms with Gasteiger partial charge in [0.15, 0.2) is 6.29 Å². The van der Waals surface area contributed by atoms with Gasteiger partial charge in [0.05, 0.1) is 19.8 Å². The van der Waals surface area contributed by atoms with E-state index in [1.807, 2.05) is 0 Å². The topological polar surface area (TPSA) is 178 Å². The number of esters is 1. The lowest BCUT2D eigenvalue weighted by molar-refractivity contribution is -0.301. The maximum atomic E-state index is 13.0. The Balaban J connectivity index is 2.29. The van der Waals surface area contributed by atoms with Gasteiger partial charge < -0.3 is 34.3 Å². The maximum absolute atomic E-state index is 13.0. The number of allylic oxidation sites excluding steroid dienone is 4. The zero-order valence-electron chi connectivity index (χ0n) is 44.8. The highest BCUT2D eigenvalue weighted by atomic mass is 32.3. The highest BCUT2D eigenvalue weighted by Gasteiger charge is 2.48. The molecule has 0 saturated carbocycles. The van der Waals surface area contributed by atoms with Crippen molar-refractivity contribution in [2.75, 3.05) is 26.4 Å². The van der Waals surface area contributed by atoms with E-state index in [1.165, 1.54) is 205 Å². The Bertz CT molecular complexity index is 1310. The number of unbranched alkanes of at least 4 members (excludes halogenated alkanes) is 35. The van der Waals surface area contributed by atoms with Gasteiger partial charge in [0.1, 0.15) is 30.5 Å². The van der Waals surface area contributed by atoms with Gasteiger partial charge in [-0.15, -0.1) is 0 Å². The van der Waals surface area contributed by atoms with Gasteiger partial charge in [-0.2, -0.15) is 8.42 Å². The second-order valence-corrected chi connectivity index (χ2v) is 21.3. The minimum atomic E-state index is -5.07. The lowest BCUT2D eigenvalue weighted by Gasteiger charge is -2.41. The van der Waals surface area contributed by atoms with Gasteiger partial charge in [0.25, 0.3) is 0 Å². The molecule has 13 heteroatoms. The van der Waals surface area contributed by atoms with Gasteiger partial charge in [-0.1, -0.05) is 224 Å². The van der Waals surface area contributed by atoms with Crippen LogP contribution in [-0.2, 0) is 38.3 Å². The monoisotopic (exact) mass is 1020 g/mol. The first-order chi connectivity index (χ1) is 34.1. The van der Waals surface area contributed by atoms with Crippen LogP contribution in [0.1, 0.15) is 271 Å². The number of hydrogen-bond donors (Lipinski definition) is 4. The Morgan fingerprint density at radius 1 is 0.529 bits per heavy atom. The van der Waals surface area contributed by atoms with Gasteiger partial charge in [-0.3, -0.25) is 9.35 Å². The van der Waals surface area contributed by atoms with E-state index in [9.17, 15) is 33.1 Å². The summed E-state index contributed by atoms with van der Waals surface area (Å²) in [6, 6.07) is 0. The van der Waals surface area contributed by atoms with Crippen molar-refractivity contribution in [2.45, 2.75) is 307 Å². The number of hydrogen-bond acceptors (Lipinski definition) is 11. The number of aliphatic hydroxyl groups is 3. The summed E-state index contributed by atoms with van der Waals surface area (Å²) in [5.41, 5.74) is 0. The smallest absolute Gasteiger partial charge is 0.397 e. The lowest BCUT2D eigenvalue weighted by Crippen LogP contribution is -2.60. The van der Waals surface area contributed by atoms with E-state index in [0.717, 1.165) is 38.5 Å². The molecule has 6 atom stereocenters. The molecule has 0 aliphatic carbocycles. The molecule has 0 radical (unpaired) electrons. The van der Waals surface area contributed by atoms with Crippen LogP contribution in [-0.4, -0.2) is 97.5 Å². The Morgan fingerprint density at radius 2 is 0.900 bits per heavy atom. The number of rotatable bonds is 52. The molecule has 414 valence electrons. The molecule has 1 aliphatic rings. The van der Waals surface area contributed by atoms with E-state index < -0.39 is 59.8 Å². The van der Waals surface area contributed by atoms with E-state index in [1.54, 1.807) is 0 Å². The van der Waals surface area contributed by atoms with Crippen LogP contribution in [0.4, 0.5) is 0 Å². The minimum Gasteiger partial charge on any atom is -0.457 e. The summed E-state index contributed by atoms with van der Waals surface area (Å²) in [6.07, 6.45) is 49.3. The molecule has 0 aromatic rings. The molecular formula is C57H108O12S. The number of ether oxygens (including phenoxy) is 4. The van der Waals surface area contributed by atoms with Gasteiger partial charge >= 0.3 is 16.4 Å². The number of carbonyl (C=O) groups is 1. The van der Waals surface area contributed by atoms with Crippen molar-refractivity contribution in [1.29, 1.82) is 0 Å². The van der Waals surface area contributed by atoms with Crippen molar-refractivity contribution in [2.24, 2.45) is 0 Å². The van der Waals surface area contributed by atoms with Crippen molar-refractivity contribution in [3.05, 3.63) is 24.3 Å². The maximum Gasteiger partial charge on any atom is 0.397 e. The molecule has 1 aliphatic heterocycles. The summed E-state index contributed by atoms with van der Waals surface area (Å²) < 4.78 is 59.4. The minimum absolute atomic E-state index is 0.0379. The second kappa shape index (κ2) is 48.5. The van der Waals surface area contributed by atoms with Crippen molar-refractivity contribution in [1.82, 2.24) is 0 Å². The summed E-state index contributed by atoms with van der Waals surface area (Å²) >= 11 is 0. The van der Waals surface area contributed by atoms with Crippen LogP contribution in [0.2, 0.25) is 0 Å². The van der Waals surface area contributed by atoms with Crippen LogP contribution >= 0.6 is 0 Å². The fraction of sp³-hybridized carbons (Fsp3) is 0.912. The van der Waals surface area contributed by atoms with Crippen LogP contribution < -0.4 is 0 Å². The molecule has 12 nitrogen and oxygen atoms in total. The van der Waals surface area contributed by atoms with Crippen molar-refractivity contribution in [3.8, 4) is 0 Å². The van der Waals surface area contributed by atoms with Crippen LogP contribution in [0.5, 0.6) is 0 Å². The first-order valence-electron chi connectivity index (χ1n) is 29.1. The average molecular weight is 1020 g/mol. The summed E-state index contributed by atoms with van der Waals surface area (Å²) in [6.45, 7) is 4.04. The second-order valence-electron chi connectivity index (χ2n) is 20.2. The number of aliphatic hydroxyl groups excluding tert-OH is 3.